The normalized spacial score (nSPS) is 46.1. The Morgan fingerprint density at radius 1 is 1.25 bits per heavy atom. The van der Waals surface area contributed by atoms with E-state index in [1.54, 1.807) is 0 Å². The van der Waals surface area contributed by atoms with Crippen LogP contribution < -0.4 is 0 Å². The lowest BCUT2D eigenvalue weighted by Gasteiger charge is -2.30. The van der Waals surface area contributed by atoms with Crippen molar-refractivity contribution < 1.29 is 15.0 Å². The van der Waals surface area contributed by atoms with Crippen molar-refractivity contribution in [3.8, 4) is 0 Å². The van der Waals surface area contributed by atoms with Crippen LogP contribution in [0.3, 0.4) is 0 Å². The Kier molecular flexibility index (Phi) is 1.83. The Morgan fingerprint density at radius 3 is 2.67 bits per heavy atom. The van der Waals surface area contributed by atoms with Crippen LogP contribution in [-0.4, -0.2) is 22.3 Å². The molecule has 0 saturated heterocycles. The molecule has 3 heteroatoms. The van der Waals surface area contributed by atoms with Crippen molar-refractivity contribution in [2.24, 2.45) is 17.8 Å². The van der Waals surface area contributed by atoms with E-state index in [1.165, 1.54) is 0 Å². The fourth-order valence-electron chi connectivity index (χ4n) is 2.82. The Labute approximate surface area is 71.4 Å². The zero-order valence-corrected chi connectivity index (χ0v) is 6.94. The van der Waals surface area contributed by atoms with Gasteiger partial charge in [-0.15, -0.1) is 0 Å². The molecule has 0 amide bonds. The molecule has 2 N–H and O–H groups in total. The Balaban J connectivity index is 2.15. The molecule has 0 spiro atoms. The van der Waals surface area contributed by atoms with Gasteiger partial charge >= 0.3 is 5.97 Å². The van der Waals surface area contributed by atoms with Crippen molar-refractivity contribution in [1.82, 2.24) is 0 Å². The largest absolute Gasteiger partial charge is 0.481 e. The lowest BCUT2D eigenvalue weighted by Crippen LogP contribution is -2.37. The zero-order valence-electron chi connectivity index (χ0n) is 6.94. The highest BCUT2D eigenvalue weighted by molar-refractivity contribution is 5.71. The molecule has 2 saturated carbocycles. The second-order valence-electron chi connectivity index (χ2n) is 4.11. The molecule has 2 rings (SSSR count). The van der Waals surface area contributed by atoms with Gasteiger partial charge in [-0.1, -0.05) is 6.42 Å². The molecule has 0 unspecified atom stereocenters. The zero-order chi connectivity index (χ0) is 8.72. The molecule has 0 aromatic rings. The molecule has 4 atom stereocenters. The Morgan fingerprint density at radius 2 is 2.00 bits per heavy atom. The third-order valence-electron chi connectivity index (χ3n) is 3.36. The SMILES string of the molecule is O=C(O)[C@@H]1[C@H]2CC[C@@H](C2)C[C@H]1O. The van der Waals surface area contributed by atoms with Gasteiger partial charge in [0.25, 0.3) is 0 Å². The van der Waals surface area contributed by atoms with Gasteiger partial charge in [-0.2, -0.15) is 0 Å². The van der Waals surface area contributed by atoms with E-state index >= 15 is 0 Å². The van der Waals surface area contributed by atoms with Crippen LogP contribution in [0.4, 0.5) is 0 Å². The number of fused-ring (bicyclic) bond motifs is 2. The molecule has 3 nitrogen and oxygen atoms in total. The number of hydrogen-bond donors (Lipinski definition) is 2. The summed E-state index contributed by atoms with van der Waals surface area (Å²) in [5, 5.41) is 18.4. The molecule has 0 heterocycles. The number of carboxylic acid groups (broad SMARTS) is 1. The van der Waals surface area contributed by atoms with E-state index in [0.717, 1.165) is 19.3 Å². The highest BCUT2D eigenvalue weighted by Crippen LogP contribution is 2.45. The Bertz CT molecular complexity index is 202. The van der Waals surface area contributed by atoms with E-state index < -0.39 is 18.0 Å². The first-order valence-corrected chi connectivity index (χ1v) is 4.59. The molecular formula is C9H14O3. The topological polar surface area (TPSA) is 57.5 Å². The van der Waals surface area contributed by atoms with Crippen LogP contribution >= 0.6 is 0 Å². The third-order valence-corrected chi connectivity index (χ3v) is 3.36. The van der Waals surface area contributed by atoms with Crippen LogP contribution in [0.25, 0.3) is 0 Å². The predicted molar refractivity (Wildman–Crippen MR) is 42.6 cm³/mol. The van der Waals surface area contributed by atoms with Crippen molar-refractivity contribution in [3.63, 3.8) is 0 Å². The molecule has 2 bridgehead atoms. The maximum absolute atomic E-state index is 10.8. The molecule has 0 aromatic heterocycles. The van der Waals surface area contributed by atoms with Gasteiger partial charge in [0.05, 0.1) is 12.0 Å². The van der Waals surface area contributed by atoms with E-state index in [0.29, 0.717) is 12.3 Å². The number of carbonyl (C=O) groups is 1. The monoisotopic (exact) mass is 170 g/mol. The molecule has 0 radical (unpaired) electrons. The minimum absolute atomic E-state index is 0.247. The number of hydrogen-bond acceptors (Lipinski definition) is 2. The standard InChI is InChI=1S/C9H14O3/c10-7-4-5-1-2-6(3-5)8(7)9(11)12/h5-8,10H,1-4H2,(H,11,12)/t5-,6-,7+,8+/m0/s1. The number of carboxylic acids is 1. The fraction of sp³-hybridized carbons (Fsp3) is 0.889. The highest BCUT2D eigenvalue weighted by Gasteiger charge is 2.44. The molecule has 12 heavy (non-hydrogen) atoms. The first-order valence-electron chi connectivity index (χ1n) is 4.59. The summed E-state index contributed by atoms with van der Waals surface area (Å²) in [6.07, 6.45) is 3.25. The lowest BCUT2D eigenvalue weighted by molar-refractivity contribution is -0.150. The second-order valence-corrected chi connectivity index (χ2v) is 4.11. The van der Waals surface area contributed by atoms with Crippen molar-refractivity contribution in [1.29, 1.82) is 0 Å². The van der Waals surface area contributed by atoms with Gasteiger partial charge in [0.1, 0.15) is 0 Å². The fourth-order valence-corrected chi connectivity index (χ4v) is 2.82. The molecule has 0 aliphatic heterocycles. The van der Waals surface area contributed by atoms with Crippen molar-refractivity contribution in [3.05, 3.63) is 0 Å². The van der Waals surface area contributed by atoms with Gasteiger partial charge in [0.2, 0.25) is 0 Å². The summed E-state index contributed by atoms with van der Waals surface area (Å²) in [5.74, 6) is -0.451. The van der Waals surface area contributed by atoms with Crippen molar-refractivity contribution in [2.75, 3.05) is 0 Å². The van der Waals surface area contributed by atoms with E-state index in [9.17, 15) is 9.90 Å². The van der Waals surface area contributed by atoms with Crippen LogP contribution in [0.2, 0.25) is 0 Å². The van der Waals surface area contributed by atoms with Gasteiger partial charge in [-0.25, -0.2) is 0 Å². The summed E-state index contributed by atoms with van der Waals surface area (Å²) in [5.41, 5.74) is 0. The summed E-state index contributed by atoms with van der Waals surface area (Å²) < 4.78 is 0. The number of aliphatic carboxylic acids is 1. The predicted octanol–water partition coefficient (Wildman–Crippen LogP) is 0.868. The second kappa shape index (κ2) is 2.73. The summed E-state index contributed by atoms with van der Waals surface area (Å²) in [6, 6.07) is 0. The number of aliphatic hydroxyl groups excluding tert-OH is 1. The smallest absolute Gasteiger partial charge is 0.309 e. The average molecular weight is 170 g/mol. The Hall–Kier alpha value is -0.570. The highest BCUT2D eigenvalue weighted by atomic mass is 16.4. The van der Waals surface area contributed by atoms with E-state index in [-0.39, 0.29) is 5.92 Å². The summed E-state index contributed by atoms with van der Waals surface area (Å²) in [4.78, 5) is 10.8. The summed E-state index contributed by atoms with van der Waals surface area (Å²) in [6.45, 7) is 0. The molecular weight excluding hydrogens is 156 g/mol. The molecule has 2 aliphatic rings. The number of rotatable bonds is 1. The van der Waals surface area contributed by atoms with Gasteiger partial charge < -0.3 is 10.2 Å². The van der Waals surface area contributed by atoms with Gasteiger partial charge in [-0.3, -0.25) is 4.79 Å². The molecule has 68 valence electrons. The van der Waals surface area contributed by atoms with Crippen molar-refractivity contribution in [2.45, 2.75) is 31.8 Å². The van der Waals surface area contributed by atoms with Crippen LogP contribution in [0.1, 0.15) is 25.7 Å². The van der Waals surface area contributed by atoms with Crippen LogP contribution in [0, 0.1) is 17.8 Å². The van der Waals surface area contributed by atoms with Crippen LogP contribution in [-0.2, 0) is 4.79 Å². The van der Waals surface area contributed by atoms with Gasteiger partial charge in [0, 0.05) is 0 Å². The minimum Gasteiger partial charge on any atom is -0.481 e. The molecule has 2 fully saturated rings. The summed E-state index contributed by atoms with van der Waals surface area (Å²) >= 11 is 0. The van der Waals surface area contributed by atoms with E-state index in [1.807, 2.05) is 0 Å². The number of aliphatic hydroxyl groups is 1. The molecule has 0 aromatic carbocycles. The first-order chi connectivity index (χ1) is 5.68. The summed E-state index contributed by atoms with van der Waals surface area (Å²) in [7, 11) is 0. The van der Waals surface area contributed by atoms with Gasteiger partial charge in [0.15, 0.2) is 0 Å². The van der Waals surface area contributed by atoms with Crippen LogP contribution in [0.15, 0.2) is 0 Å². The van der Waals surface area contributed by atoms with Gasteiger partial charge in [-0.05, 0) is 31.1 Å². The molecule has 2 aliphatic carbocycles. The van der Waals surface area contributed by atoms with Crippen molar-refractivity contribution >= 4 is 5.97 Å². The first kappa shape index (κ1) is 8.05. The minimum atomic E-state index is -0.812. The average Bonchev–Trinajstić information content (AvgIpc) is 2.31. The maximum Gasteiger partial charge on any atom is 0.309 e. The lowest BCUT2D eigenvalue weighted by atomic mass is 9.78. The maximum atomic E-state index is 10.8. The quantitative estimate of drug-likeness (QED) is 0.614. The van der Waals surface area contributed by atoms with Crippen LogP contribution in [0.5, 0.6) is 0 Å². The third kappa shape index (κ3) is 1.12. The van der Waals surface area contributed by atoms with E-state index in [2.05, 4.69) is 0 Å². The van der Waals surface area contributed by atoms with E-state index in [4.69, 9.17) is 5.11 Å².